The van der Waals surface area contributed by atoms with Crippen molar-refractivity contribution in [2.45, 2.75) is 19.8 Å². The maximum atomic E-state index is 12.1. The summed E-state index contributed by atoms with van der Waals surface area (Å²) in [4.78, 5) is 18.6. The largest absolute Gasteiger partial charge is 0.439 e. The Hall–Kier alpha value is -2.64. The number of hydrogen-bond donors (Lipinski definition) is 3. The molecule has 0 atom stereocenters. The smallest absolute Gasteiger partial charge is 0.319 e. The zero-order chi connectivity index (χ0) is 19.8. The van der Waals surface area contributed by atoms with Crippen LogP contribution in [-0.2, 0) is 0 Å². The van der Waals surface area contributed by atoms with Gasteiger partial charge in [0.1, 0.15) is 5.75 Å². The second kappa shape index (κ2) is 10.1. The molecule has 0 spiro atoms. The molecule has 150 valence electrons. The van der Waals surface area contributed by atoms with Crippen LogP contribution in [0.5, 0.6) is 11.6 Å². The molecule has 3 N–H and O–H groups in total. The van der Waals surface area contributed by atoms with Crippen molar-refractivity contribution in [2.75, 3.05) is 38.1 Å². The molecule has 0 radical (unpaired) electrons. The Labute approximate surface area is 165 Å². The maximum absolute atomic E-state index is 12.1. The zero-order valence-corrected chi connectivity index (χ0v) is 16.2. The fourth-order valence-electron chi connectivity index (χ4n) is 3.21. The number of amides is 2. The summed E-state index contributed by atoms with van der Waals surface area (Å²) in [7, 11) is 0. The number of aliphatic hydroxyl groups is 1. The molecule has 7 heteroatoms. The number of aryl methyl sites for hydroxylation is 1. The number of benzene rings is 1. The molecule has 0 saturated carbocycles. The van der Waals surface area contributed by atoms with E-state index in [0.29, 0.717) is 29.8 Å². The van der Waals surface area contributed by atoms with Gasteiger partial charge in [0.15, 0.2) is 0 Å². The first-order valence-electron chi connectivity index (χ1n) is 9.71. The number of nitrogens with one attached hydrogen (secondary N) is 2. The number of aliphatic hydroxyl groups excluding tert-OH is 1. The van der Waals surface area contributed by atoms with Crippen molar-refractivity contribution in [1.82, 2.24) is 15.2 Å². The van der Waals surface area contributed by atoms with E-state index in [2.05, 4.69) is 20.5 Å². The molecule has 1 aromatic carbocycles. The van der Waals surface area contributed by atoms with Crippen LogP contribution < -0.4 is 15.4 Å². The first-order chi connectivity index (χ1) is 13.6. The van der Waals surface area contributed by atoms with Crippen molar-refractivity contribution in [3.63, 3.8) is 0 Å². The summed E-state index contributed by atoms with van der Waals surface area (Å²) in [6, 6.07) is 10.8. The van der Waals surface area contributed by atoms with Gasteiger partial charge in [-0.3, -0.25) is 0 Å². The molecule has 1 aliphatic heterocycles. The highest BCUT2D eigenvalue weighted by atomic mass is 16.5. The van der Waals surface area contributed by atoms with E-state index in [0.717, 1.165) is 38.0 Å². The third-order valence-electron chi connectivity index (χ3n) is 4.89. The lowest BCUT2D eigenvalue weighted by Gasteiger charge is -2.31. The fraction of sp³-hybridized carbons (Fsp3) is 0.429. The summed E-state index contributed by atoms with van der Waals surface area (Å²) in [5.74, 6) is 1.68. The van der Waals surface area contributed by atoms with Gasteiger partial charge in [0.2, 0.25) is 5.88 Å². The number of carbonyl (C=O) groups excluding carboxylic acids is 1. The Bertz CT molecular complexity index is 741. The minimum Gasteiger partial charge on any atom is -0.439 e. The van der Waals surface area contributed by atoms with Crippen LogP contribution in [0.3, 0.4) is 0 Å². The summed E-state index contributed by atoms with van der Waals surface area (Å²) in [5.41, 5.74) is 1.79. The molecular weight excluding hydrogens is 356 g/mol. The topological polar surface area (TPSA) is 86.7 Å². The normalized spacial score (nSPS) is 15.2. The predicted molar refractivity (Wildman–Crippen MR) is 109 cm³/mol. The summed E-state index contributed by atoms with van der Waals surface area (Å²) >= 11 is 0. The lowest BCUT2D eigenvalue weighted by Crippen LogP contribution is -2.40. The molecule has 28 heavy (non-hydrogen) atoms. The van der Waals surface area contributed by atoms with E-state index >= 15 is 0 Å². The molecule has 1 aliphatic rings. The molecule has 0 aliphatic carbocycles. The van der Waals surface area contributed by atoms with Crippen LogP contribution >= 0.6 is 0 Å². The van der Waals surface area contributed by atoms with Crippen LogP contribution in [0.2, 0.25) is 0 Å². The summed E-state index contributed by atoms with van der Waals surface area (Å²) in [6.45, 7) is 5.54. The second-order valence-corrected chi connectivity index (χ2v) is 7.14. The highest BCUT2D eigenvalue weighted by Gasteiger charge is 2.19. The molecule has 3 rings (SSSR count). The Morgan fingerprint density at radius 2 is 1.96 bits per heavy atom. The molecule has 2 heterocycles. The van der Waals surface area contributed by atoms with Crippen molar-refractivity contribution in [1.29, 1.82) is 0 Å². The van der Waals surface area contributed by atoms with Crippen molar-refractivity contribution in [3.8, 4) is 11.6 Å². The van der Waals surface area contributed by atoms with Crippen molar-refractivity contribution >= 4 is 11.7 Å². The number of nitrogens with zero attached hydrogens (tertiary/aromatic N) is 2. The lowest BCUT2D eigenvalue weighted by molar-refractivity contribution is 0.147. The van der Waals surface area contributed by atoms with Crippen LogP contribution in [0.25, 0.3) is 0 Å². The van der Waals surface area contributed by atoms with Gasteiger partial charge in [0.05, 0.1) is 6.61 Å². The van der Waals surface area contributed by atoms with E-state index in [9.17, 15) is 4.79 Å². The first kappa shape index (κ1) is 20.1. The highest BCUT2D eigenvalue weighted by Crippen LogP contribution is 2.21. The second-order valence-electron chi connectivity index (χ2n) is 7.14. The Morgan fingerprint density at radius 1 is 1.21 bits per heavy atom. The van der Waals surface area contributed by atoms with Crippen LogP contribution in [-0.4, -0.2) is 53.8 Å². The van der Waals surface area contributed by atoms with E-state index in [4.69, 9.17) is 9.84 Å². The van der Waals surface area contributed by atoms with Crippen molar-refractivity contribution in [3.05, 3.63) is 48.2 Å². The highest BCUT2D eigenvalue weighted by molar-refractivity contribution is 5.89. The van der Waals surface area contributed by atoms with Crippen LogP contribution in [0.4, 0.5) is 10.5 Å². The van der Waals surface area contributed by atoms with E-state index in [1.165, 1.54) is 0 Å². The number of piperidine rings is 1. The Balaban J connectivity index is 1.40. The summed E-state index contributed by atoms with van der Waals surface area (Å²) in [6.07, 6.45) is 3.84. The van der Waals surface area contributed by atoms with Gasteiger partial charge in [0, 0.05) is 31.0 Å². The van der Waals surface area contributed by atoms with Gasteiger partial charge in [-0.2, -0.15) is 0 Å². The van der Waals surface area contributed by atoms with Crippen LogP contribution in [0.15, 0.2) is 42.6 Å². The molecule has 0 bridgehead atoms. The molecule has 2 aromatic rings. The number of anilines is 1. The minimum atomic E-state index is -0.202. The number of urea groups is 1. The number of ether oxygens (including phenoxy) is 1. The molecule has 1 fully saturated rings. The van der Waals surface area contributed by atoms with Gasteiger partial charge in [-0.05, 0) is 68.6 Å². The van der Waals surface area contributed by atoms with E-state index in [1.54, 1.807) is 30.5 Å². The van der Waals surface area contributed by atoms with Gasteiger partial charge >= 0.3 is 6.03 Å². The number of hydrogen-bond acceptors (Lipinski definition) is 5. The predicted octanol–water partition coefficient (Wildman–Crippen LogP) is 3.01. The molecule has 0 unspecified atom stereocenters. The SMILES string of the molecule is Cc1ccc(Oc2ccc(NC(=O)NCC3CCN(CCO)CC3)cc2)nc1. The van der Waals surface area contributed by atoms with Crippen molar-refractivity contribution < 1.29 is 14.6 Å². The number of pyridine rings is 1. The maximum Gasteiger partial charge on any atom is 0.319 e. The van der Waals surface area contributed by atoms with Gasteiger partial charge in [-0.1, -0.05) is 6.07 Å². The van der Waals surface area contributed by atoms with E-state index in [1.807, 2.05) is 19.1 Å². The fourth-order valence-corrected chi connectivity index (χ4v) is 3.21. The van der Waals surface area contributed by atoms with Gasteiger partial charge in [-0.15, -0.1) is 0 Å². The minimum absolute atomic E-state index is 0.202. The monoisotopic (exact) mass is 384 g/mol. The third kappa shape index (κ3) is 6.21. The Morgan fingerprint density at radius 3 is 2.61 bits per heavy atom. The molecular formula is C21H28N4O3. The molecule has 1 saturated heterocycles. The number of likely N-dealkylation sites (tertiary alicyclic amines) is 1. The van der Waals surface area contributed by atoms with E-state index in [-0.39, 0.29) is 12.6 Å². The standard InChI is InChI=1S/C21H28N4O3/c1-16-2-7-20(22-14-16)28-19-5-3-18(4-6-19)24-21(27)23-15-17-8-10-25(11-9-17)12-13-26/h2-7,14,17,26H,8-13,15H2,1H3,(H2,23,24,27). The summed E-state index contributed by atoms with van der Waals surface area (Å²) in [5, 5.41) is 14.8. The number of rotatable bonds is 7. The molecule has 7 nitrogen and oxygen atoms in total. The van der Waals surface area contributed by atoms with Gasteiger partial charge < -0.3 is 25.4 Å². The average Bonchev–Trinajstić information content (AvgIpc) is 2.71. The Kier molecular flexibility index (Phi) is 7.22. The number of aromatic nitrogens is 1. The third-order valence-corrected chi connectivity index (χ3v) is 4.89. The summed E-state index contributed by atoms with van der Waals surface area (Å²) < 4.78 is 5.69. The number of β-amino-alcohol motifs (C(OH)–C–C–N with tert-alkyl or cyclic N) is 1. The number of carbonyl (C=O) groups is 1. The molecule has 2 amide bonds. The van der Waals surface area contributed by atoms with Gasteiger partial charge in [0.25, 0.3) is 0 Å². The first-order valence-corrected chi connectivity index (χ1v) is 9.71. The zero-order valence-electron chi connectivity index (χ0n) is 16.2. The van der Waals surface area contributed by atoms with Crippen molar-refractivity contribution in [2.24, 2.45) is 5.92 Å². The lowest BCUT2D eigenvalue weighted by atomic mass is 9.97. The van der Waals surface area contributed by atoms with Crippen LogP contribution in [0.1, 0.15) is 18.4 Å². The van der Waals surface area contributed by atoms with Crippen LogP contribution in [0, 0.1) is 12.8 Å². The molecule has 1 aromatic heterocycles. The van der Waals surface area contributed by atoms with Gasteiger partial charge in [-0.25, -0.2) is 9.78 Å². The quantitative estimate of drug-likeness (QED) is 0.683. The van der Waals surface area contributed by atoms with E-state index < -0.39 is 0 Å². The average molecular weight is 384 g/mol.